The van der Waals surface area contributed by atoms with Gasteiger partial charge in [-0.3, -0.25) is 0 Å². The lowest BCUT2D eigenvalue weighted by atomic mass is 10.4. The van der Waals surface area contributed by atoms with E-state index in [1.807, 2.05) is 4.68 Å². The van der Waals surface area contributed by atoms with Crippen molar-refractivity contribution in [2.75, 3.05) is 6.54 Å². The van der Waals surface area contributed by atoms with Crippen molar-refractivity contribution in [3.05, 3.63) is 12.2 Å². The molecule has 0 saturated carbocycles. The SMILES string of the molecule is C#CCCNCc1ncnn1C(C)C. The molecule has 14 heavy (non-hydrogen) atoms. The molecule has 1 aromatic rings. The summed E-state index contributed by atoms with van der Waals surface area (Å²) in [6, 6.07) is 0.349. The average molecular weight is 192 g/mol. The minimum absolute atomic E-state index is 0.349. The number of hydrogen-bond acceptors (Lipinski definition) is 3. The van der Waals surface area contributed by atoms with Crippen LogP contribution >= 0.6 is 0 Å². The summed E-state index contributed by atoms with van der Waals surface area (Å²) in [7, 11) is 0. The van der Waals surface area contributed by atoms with Gasteiger partial charge in [0, 0.05) is 19.0 Å². The van der Waals surface area contributed by atoms with Gasteiger partial charge >= 0.3 is 0 Å². The van der Waals surface area contributed by atoms with Crippen LogP contribution in [-0.4, -0.2) is 21.3 Å². The summed E-state index contributed by atoms with van der Waals surface area (Å²) in [6.07, 6.45) is 7.47. The highest BCUT2D eigenvalue weighted by Crippen LogP contribution is 2.04. The van der Waals surface area contributed by atoms with Crippen LogP contribution in [-0.2, 0) is 6.54 Å². The molecule has 76 valence electrons. The highest BCUT2D eigenvalue weighted by molar-refractivity contribution is 4.87. The molecule has 1 aromatic heterocycles. The standard InChI is InChI=1S/C10H16N4/c1-4-5-6-11-7-10-12-8-13-14(10)9(2)3/h1,8-9,11H,5-7H2,2-3H3. The summed E-state index contributed by atoms with van der Waals surface area (Å²) in [4.78, 5) is 4.17. The van der Waals surface area contributed by atoms with E-state index < -0.39 is 0 Å². The van der Waals surface area contributed by atoms with Crippen LogP contribution in [0.15, 0.2) is 6.33 Å². The second-order valence-corrected chi connectivity index (χ2v) is 3.35. The Morgan fingerprint density at radius 1 is 1.64 bits per heavy atom. The zero-order valence-corrected chi connectivity index (χ0v) is 8.70. The van der Waals surface area contributed by atoms with Gasteiger partial charge in [0.05, 0.1) is 6.54 Å². The Balaban J connectivity index is 2.43. The number of rotatable bonds is 5. The third-order valence-corrected chi connectivity index (χ3v) is 1.87. The van der Waals surface area contributed by atoms with Gasteiger partial charge in [-0.1, -0.05) is 0 Å². The quantitative estimate of drug-likeness (QED) is 0.558. The molecule has 4 nitrogen and oxygen atoms in total. The highest BCUT2D eigenvalue weighted by Gasteiger charge is 2.05. The van der Waals surface area contributed by atoms with Crippen molar-refractivity contribution in [3.8, 4) is 12.3 Å². The Morgan fingerprint density at radius 3 is 3.07 bits per heavy atom. The van der Waals surface area contributed by atoms with Crippen molar-refractivity contribution < 1.29 is 0 Å². The van der Waals surface area contributed by atoms with Crippen molar-refractivity contribution >= 4 is 0 Å². The molecule has 4 heteroatoms. The fourth-order valence-corrected chi connectivity index (χ4v) is 1.19. The maximum absolute atomic E-state index is 5.14. The zero-order valence-electron chi connectivity index (χ0n) is 8.70. The molecule has 0 amide bonds. The maximum Gasteiger partial charge on any atom is 0.141 e. The van der Waals surface area contributed by atoms with Gasteiger partial charge in [0.1, 0.15) is 12.2 Å². The first-order valence-electron chi connectivity index (χ1n) is 4.78. The van der Waals surface area contributed by atoms with Gasteiger partial charge in [-0.15, -0.1) is 12.3 Å². The Kier molecular flexibility index (Phi) is 4.14. The van der Waals surface area contributed by atoms with Crippen LogP contribution in [0.2, 0.25) is 0 Å². The molecule has 0 unspecified atom stereocenters. The van der Waals surface area contributed by atoms with Crippen LogP contribution < -0.4 is 5.32 Å². The van der Waals surface area contributed by atoms with Crippen molar-refractivity contribution in [2.24, 2.45) is 0 Å². The van der Waals surface area contributed by atoms with Crippen molar-refractivity contribution in [1.29, 1.82) is 0 Å². The van der Waals surface area contributed by atoms with Gasteiger partial charge in [0.15, 0.2) is 0 Å². The van der Waals surface area contributed by atoms with E-state index in [-0.39, 0.29) is 0 Å². The molecule has 0 atom stereocenters. The first-order valence-corrected chi connectivity index (χ1v) is 4.78. The highest BCUT2D eigenvalue weighted by atomic mass is 15.3. The van der Waals surface area contributed by atoms with Crippen molar-refractivity contribution in [1.82, 2.24) is 20.1 Å². The lowest BCUT2D eigenvalue weighted by Gasteiger charge is -2.09. The van der Waals surface area contributed by atoms with Crippen LogP contribution in [0.3, 0.4) is 0 Å². The summed E-state index contributed by atoms with van der Waals surface area (Å²) in [5.74, 6) is 3.54. The summed E-state index contributed by atoms with van der Waals surface area (Å²) in [5, 5.41) is 7.36. The molecule has 0 spiro atoms. The van der Waals surface area contributed by atoms with E-state index in [4.69, 9.17) is 6.42 Å². The van der Waals surface area contributed by atoms with Crippen molar-refractivity contribution in [3.63, 3.8) is 0 Å². The Bertz CT molecular complexity index is 308. The molecular formula is C10H16N4. The predicted octanol–water partition coefficient (Wildman–Crippen LogP) is 0.972. The van der Waals surface area contributed by atoms with Gasteiger partial charge in [-0.2, -0.15) is 5.10 Å². The van der Waals surface area contributed by atoms with Crippen LogP contribution in [0.4, 0.5) is 0 Å². The number of aromatic nitrogens is 3. The van der Waals surface area contributed by atoms with Crippen LogP contribution in [0.1, 0.15) is 32.1 Å². The molecule has 0 aliphatic rings. The molecular weight excluding hydrogens is 176 g/mol. The molecule has 0 aliphatic carbocycles. The topological polar surface area (TPSA) is 42.7 Å². The lowest BCUT2D eigenvalue weighted by molar-refractivity contribution is 0.491. The van der Waals surface area contributed by atoms with Crippen molar-refractivity contribution in [2.45, 2.75) is 32.9 Å². The van der Waals surface area contributed by atoms with Crippen LogP contribution in [0.5, 0.6) is 0 Å². The number of terminal acetylenes is 1. The first kappa shape index (κ1) is 10.7. The molecule has 0 saturated heterocycles. The largest absolute Gasteiger partial charge is 0.309 e. The summed E-state index contributed by atoms with van der Waals surface area (Å²) in [5.41, 5.74) is 0. The number of nitrogens with one attached hydrogen (secondary N) is 1. The third kappa shape index (κ3) is 2.86. The summed E-state index contributed by atoms with van der Waals surface area (Å²) >= 11 is 0. The fraction of sp³-hybridized carbons (Fsp3) is 0.600. The smallest absolute Gasteiger partial charge is 0.141 e. The third-order valence-electron chi connectivity index (χ3n) is 1.87. The maximum atomic E-state index is 5.14. The Labute approximate surface area is 84.7 Å². The van der Waals surface area contributed by atoms with Crippen LogP contribution in [0.25, 0.3) is 0 Å². The van der Waals surface area contributed by atoms with E-state index in [9.17, 15) is 0 Å². The minimum Gasteiger partial charge on any atom is -0.309 e. The van der Waals surface area contributed by atoms with Gasteiger partial charge in [0.2, 0.25) is 0 Å². The van der Waals surface area contributed by atoms with E-state index in [1.165, 1.54) is 0 Å². The first-order chi connectivity index (χ1) is 6.75. The molecule has 0 fully saturated rings. The molecule has 0 aromatic carbocycles. The summed E-state index contributed by atoms with van der Waals surface area (Å²) < 4.78 is 1.91. The monoisotopic (exact) mass is 192 g/mol. The normalized spacial score (nSPS) is 10.4. The van der Waals surface area contributed by atoms with E-state index in [1.54, 1.807) is 6.33 Å². The Hall–Kier alpha value is -1.34. The summed E-state index contributed by atoms with van der Waals surface area (Å²) in [6.45, 7) is 5.71. The zero-order chi connectivity index (χ0) is 10.4. The van der Waals surface area contributed by atoms with Gasteiger partial charge < -0.3 is 5.32 Å². The molecule has 1 heterocycles. The second kappa shape index (κ2) is 5.40. The second-order valence-electron chi connectivity index (χ2n) is 3.35. The van der Waals surface area contributed by atoms with Gasteiger partial charge in [-0.05, 0) is 13.8 Å². The van der Waals surface area contributed by atoms with E-state index in [0.29, 0.717) is 6.04 Å². The number of nitrogens with zero attached hydrogens (tertiary/aromatic N) is 3. The van der Waals surface area contributed by atoms with E-state index in [0.717, 1.165) is 25.3 Å². The lowest BCUT2D eigenvalue weighted by Crippen LogP contribution is -2.19. The molecule has 0 aliphatic heterocycles. The minimum atomic E-state index is 0.349. The average Bonchev–Trinajstić information content (AvgIpc) is 2.60. The Morgan fingerprint density at radius 2 is 2.43 bits per heavy atom. The molecule has 1 N–H and O–H groups in total. The van der Waals surface area contributed by atoms with E-state index in [2.05, 4.69) is 35.2 Å². The molecule has 0 bridgehead atoms. The van der Waals surface area contributed by atoms with Crippen LogP contribution in [0, 0.1) is 12.3 Å². The fourth-order valence-electron chi connectivity index (χ4n) is 1.19. The van der Waals surface area contributed by atoms with Gasteiger partial charge in [-0.25, -0.2) is 9.67 Å². The van der Waals surface area contributed by atoms with E-state index >= 15 is 0 Å². The molecule has 1 rings (SSSR count). The van der Waals surface area contributed by atoms with Gasteiger partial charge in [0.25, 0.3) is 0 Å². The number of hydrogen-bond donors (Lipinski definition) is 1. The molecule has 0 radical (unpaired) electrons. The predicted molar refractivity (Wildman–Crippen MR) is 55.6 cm³/mol.